The van der Waals surface area contributed by atoms with Gasteiger partial charge in [-0.05, 0) is 37.6 Å². The van der Waals surface area contributed by atoms with E-state index in [1.165, 1.54) is 0 Å². The summed E-state index contributed by atoms with van der Waals surface area (Å²) in [5, 5.41) is 9.39. The minimum absolute atomic E-state index is 0.0483. The van der Waals surface area contributed by atoms with Crippen LogP contribution in [-0.2, 0) is 6.54 Å². The highest BCUT2D eigenvalue weighted by atomic mass is 35.5. The van der Waals surface area contributed by atoms with E-state index in [1.54, 1.807) is 16.8 Å². The lowest BCUT2D eigenvalue weighted by Crippen LogP contribution is -2.30. The summed E-state index contributed by atoms with van der Waals surface area (Å²) < 4.78 is 1.79. The lowest BCUT2D eigenvalue weighted by molar-refractivity contribution is 0.0939. The van der Waals surface area contributed by atoms with Crippen LogP contribution >= 0.6 is 23.2 Å². The van der Waals surface area contributed by atoms with Gasteiger partial charge in [-0.25, -0.2) is 0 Å². The lowest BCUT2D eigenvalue weighted by Gasteiger charge is -2.07. The average Bonchev–Trinajstić information content (AvgIpc) is 2.88. The van der Waals surface area contributed by atoms with Crippen molar-refractivity contribution >= 4 is 40.0 Å². The molecule has 0 unspecified atom stereocenters. The van der Waals surface area contributed by atoms with Crippen molar-refractivity contribution in [2.45, 2.75) is 26.4 Å². The molecule has 0 fully saturated rings. The first-order valence-electron chi connectivity index (χ1n) is 7.66. The van der Waals surface area contributed by atoms with Crippen LogP contribution in [0.1, 0.15) is 29.9 Å². The Labute approximate surface area is 150 Å². The maximum Gasteiger partial charge on any atom is 0.272 e. The molecule has 0 aliphatic heterocycles. The van der Waals surface area contributed by atoms with Crippen LogP contribution in [-0.4, -0.2) is 21.7 Å². The number of nitrogens with one attached hydrogen (secondary N) is 1. The number of nitrogens with zero attached hydrogens (tertiary/aromatic N) is 2. The molecular formula is C18H17Cl2N3O. The van der Waals surface area contributed by atoms with E-state index in [2.05, 4.69) is 10.4 Å². The van der Waals surface area contributed by atoms with Gasteiger partial charge in [-0.1, -0.05) is 47.5 Å². The van der Waals surface area contributed by atoms with Gasteiger partial charge in [0.15, 0.2) is 5.69 Å². The minimum Gasteiger partial charge on any atom is -0.348 e. The molecule has 4 nitrogen and oxygen atoms in total. The van der Waals surface area contributed by atoms with Crippen molar-refractivity contribution in [1.82, 2.24) is 15.1 Å². The molecule has 0 aliphatic rings. The van der Waals surface area contributed by atoms with E-state index in [1.807, 2.05) is 44.2 Å². The minimum atomic E-state index is -0.179. The standard InChI is InChI=1S/C18H17Cl2N3O/c1-11(2)21-18(24)17-14-5-3-4-6-16(14)23(22-17)10-12-7-8-13(19)9-15(12)20/h3-9,11H,10H2,1-2H3,(H,21,24). The molecule has 0 aliphatic carbocycles. The summed E-state index contributed by atoms with van der Waals surface area (Å²) >= 11 is 12.2. The molecule has 1 amide bonds. The van der Waals surface area contributed by atoms with Gasteiger partial charge in [-0.3, -0.25) is 9.48 Å². The predicted molar refractivity (Wildman–Crippen MR) is 97.9 cm³/mol. The Morgan fingerprint density at radius 1 is 1.21 bits per heavy atom. The van der Waals surface area contributed by atoms with Crippen molar-refractivity contribution in [1.29, 1.82) is 0 Å². The zero-order chi connectivity index (χ0) is 17.3. The summed E-state index contributed by atoms with van der Waals surface area (Å²) in [6.45, 7) is 4.31. The first kappa shape index (κ1) is 16.8. The molecule has 0 spiro atoms. The Morgan fingerprint density at radius 3 is 2.67 bits per heavy atom. The van der Waals surface area contributed by atoms with Crippen molar-refractivity contribution in [3.8, 4) is 0 Å². The highest BCUT2D eigenvalue weighted by molar-refractivity contribution is 6.35. The zero-order valence-electron chi connectivity index (χ0n) is 13.4. The summed E-state index contributed by atoms with van der Waals surface area (Å²) in [6, 6.07) is 13.1. The molecule has 1 aromatic heterocycles. The molecule has 3 aromatic rings. The molecule has 6 heteroatoms. The smallest absolute Gasteiger partial charge is 0.272 e. The second-order valence-corrected chi connectivity index (χ2v) is 6.73. The van der Waals surface area contributed by atoms with Gasteiger partial charge in [0.1, 0.15) is 0 Å². The first-order valence-corrected chi connectivity index (χ1v) is 8.41. The van der Waals surface area contributed by atoms with Crippen LogP contribution < -0.4 is 5.32 Å². The van der Waals surface area contributed by atoms with Crippen molar-refractivity contribution in [2.75, 3.05) is 0 Å². The highest BCUT2D eigenvalue weighted by Gasteiger charge is 2.18. The molecule has 0 radical (unpaired) electrons. The third-order valence-corrected chi connectivity index (χ3v) is 4.21. The van der Waals surface area contributed by atoms with E-state index >= 15 is 0 Å². The van der Waals surface area contributed by atoms with Gasteiger partial charge in [0.05, 0.1) is 12.1 Å². The number of hydrogen-bond donors (Lipinski definition) is 1. The topological polar surface area (TPSA) is 46.9 Å². The number of amides is 1. The Hall–Kier alpha value is -2.04. The molecule has 0 atom stereocenters. The fourth-order valence-corrected chi connectivity index (χ4v) is 3.03. The predicted octanol–water partition coefficient (Wildman–Crippen LogP) is 4.53. The SMILES string of the molecule is CC(C)NC(=O)c1nn(Cc2ccc(Cl)cc2Cl)c2ccccc12. The molecule has 24 heavy (non-hydrogen) atoms. The number of rotatable bonds is 4. The van der Waals surface area contributed by atoms with Crippen LogP contribution in [0.2, 0.25) is 10.0 Å². The van der Waals surface area contributed by atoms with Crippen LogP contribution in [0.3, 0.4) is 0 Å². The Morgan fingerprint density at radius 2 is 1.96 bits per heavy atom. The van der Waals surface area contributed by atoms with E-state index in [9.17, 15) is 4.79 Å². The van der Waals surface area contributed by atoms with Crippen LogP contribution in [0.5, 0.6) is 0 Å². The maximum absolute atomic E-state index is 12.4. The monoisotopic (exact) mass is 361 g/mol. The number of para-hydroxylation sites is 1. The van der Waals surface area contributed by atoms with E-state index in [0.717, 1.165) is 16.5 Å². The van der Waals surface area contributed by atoms with Gasteiger partial charge in [-0.2, -0.15) is 5.10 Å². The quantitative estimate of drug-likeness (QED) is 0.741. The van der Waals surface area contributed by atoms with Gasteiger partial charge in [-0.15, -0.1) is 0 Å². The van der Waals surface area contributed by atoms with Crippen LogP contribution in [0, 0.1) is 0 Å². The molecule has 0 saturated carbocycles. The number of carbonyl (C=O) groups is 1. The average molecular weight is 362 g/mol. The third-order valence-electron chi connectivity index (χ3n) is 3.63. The first-order chi connectivity index (χ1) is 11.5. The number of fused-ring (bicyclic) bond motifs is 1. The van der Waals surface area contributed by atoms with Gasteiger partial charge in [0, 0.05) is 21.5 Å². The van der Waals surface area contributed by atoms with E-state index in [-0.39, 0.29) is 11.9 Å². The summed E-state index contributed by atoms with van der Waals surface area (Å²) in [5.74, 6) is -0.179. The molecule has 2 aromatic carbocycles. The van der Waals surface area contributed by atoms with Gasteiger partial charge in [0.25, 0.3) is 5.91 Å². The summed E-state index contributed by atoms with van der Waals surface area (Å²) in [7, 11) is 0. The van der Waals surface area contributed by atoms with Gasteiger partial charge < -0.3 is 5.32 Å². The number of benzene rings is 2. The number of hydrogen-bond acceptors (Lipinski definition) is 2. The van der Waals surface area contributed by atoms with Crippen molar-refractivity contribution < 1.29 is 4.79 Å². The zero-order valence-corrected chi connectivity index (χ0v) is 14.9. The summed E-state index contributed by atoms with van der Waals surface area (Å²) in [6.07, 6.45) is 0. The fourth-order valence-electron chi connectivity index (χ4n) is 2.56. The van der Waals surface area contributed by atoms with Crippen molar-refractivity contribution in [3.05, 3.63) is 63.8 Å². The van der Waals surface area contributed by atoms with Crippen LogP contribution in [0.15, 0.2) is 42.5 Å². The van der Waals surface area contributed by atoms with Crippen molar-refractivity contribution in [2.24, 2.45) is 0 Å². The number of aromatic nitrogens is 2. The Balaban J connectivity index is 2.03. The normalized spacial score (nSPS) is 11.2. The largest absolute Gasteiger partial charge is 0.348 e. The van der Waals surface area contributed by atoms with E-state index in [0.29, 0.717) is 22.3 Å². The third kappa shape index (κ3) is 3.40. The Kier molecular flexibility index (Phi) is 4.78. The molecule has 124 valence electrons. The molecule has 1 N–H and O–H groups in total. The lowest BCUT2D eigenvalue weighted by atomic mass is 10.2. The number of carbonyl (C=O) groups excluding carboxylic acids is 1. The molecule has 0 bridgehead atoms. The fraction of sp³-hybridized carbons (Fsp3) is 0.222. The van der Waals surface area contributed by atoms with Gasteiger partial charge in [0.2, 0.25) is 0 Å². The van der Waals surface area contributed by atoms with E-state index < -0.39 is 0 Å². The van der Waals surface area contributed by atoms with Crippen LogP contribution in [0.25, 0.3) is 10.9 Å². The second kappa shape index (κ2) is 6.83. The molecule has 3 rings (SSSR count). The number of halogens is 2. The molecular weight excluding hydrogens is 345 g/mol. The highest BCUT2D eigenvalue weighted by Crippen LogP contribution is 2.24. The van der Waals surface area contributed by atoms with E-state index in [4.69, 9.17) is 23.2 Å². The molecule has 1 heterocycles. The molecule has 0 saturated heterocycles. The van der Waals surface area contributed by atoms with Gasteiger partial charge >= 0.3 is 0 Å². The van der Waals surface area contributed by atoms with Crippen molar-refractivity contribution in [3.63, 3.8) is 0 Å². The maximum atomic E-state index is 12.4. The summed E-state index contributed by atoms with van der Waals surface area (Å²) in [4.78, 5) is 12.4. The van der Waals surface area contributed by atoms with Crippen LogP contribution in [0.4, 0.5) is 0 Å². The summed E-state index contributed by atoms with van der Waals surface area (Å²) in [5.41, 5.74) is 2.20. The second-order valence-electron chi connectivity index (χ2n) is 5.89. The Bertz CT molecular complexity index is 902.